The number of urea groups is 1. The first-order valence-electron chi connectivity index (χ1n) is 12.5. The molecular formula is C29H30F3N3O5. The van der Waals surface area contributed by atoms with Gasteiger partial charge >= 0.3 is 18.4 Å². The molecule has 3 aromatic carbocycles. The molecule has 0 saturated heterocycles. The fourth-order valence-corrected chi connectivity index (χ4v) is 3.98. The quantitative estimate of drug-likeness (QED) is 0.267. The molecule has 2 atom stereocenters. The molecular weight excluding hydrogens is 527 g/mol. The average Bonchev–Trinajstić information content (AvgIpc) is 2.91. The number of carbonyl (C=O) groups is 3. The first kappa shape index (κ1) is 30.0. The molecule has 0 saturated carbocycles. The summed E-state index contributed by atoms with van der Waals surface area (Å²) in [5.41, 5.74) is 2.39. The molecule has 212 valence electrons. The van der Waals surface area contributed by atoms with Gasteiger partial charge in [0.2, 0.25) is 0 Å². The topological polar surface area (TPSA) is 108 Å². The fourth-order valence-electron chi connectivity index (χ4n) is 3.98. The highest BCUT2D eigenvalue weighted by molar-refractivity contribution is 5.94. The monoisotopic (exact) mass is 557 g/mol. The smallest absolute Gasteiger partial charge is 0.481 e. The maximum atomic E-state index is 13.4. The number of ether oxygens (including phenoxy) is 1. The predicted molar refractivity (Wildman–Crippen MR) is 143 cm³/mol. The van der Waals surface area contributed by atoms with E-state index in [4.69, 9.17) is 5.11 Å². The van der Waals surface area contributed by atoms with E-state index in [1.165, 1.54) is 12.1 Å². The fraction of sp³-hybridized carbons (Fsp3) is 0.276. The number of aliphatic carboxylic acids is 1. The first-order chi connectivity index (χ1) is 18.9. The van der Waals surface area contributed by atoms with Crippen LogP contribution in [-0.2, 0) is 11.3 Å². The second kappa shape index (κ2) is 13.5. The molecule has 3 N–H and O–H groups in total. The number of amides is 3. The van der Waals surface area contributed by atoms with Crippen molar-refractivity contribution >= 4 is 23.6 Å². The van der Waals surface area contributed by atoms with Gasteiger partial charge in [0.15, 0.2) is 0 Å². The molecule has 0 radical (unpaired) electrons. The third kappa shape index (κ3) is 9.04. The minimum atomic E-state index is -4.82. The lowest BCUT2D eigenvalue weighted by Crippen LogP contribution is -2.43. The van der Waals surface area contributed by atoms with Crippen molar-refractivity contribution in [1.29, 1.82) is 0 Å². The van der Waals surface area contributed by atoms with Gasteiger partial charge in [0.25, 0.3) is 5.91 Å². The van der Waals surface area contributed by atoms with Crippen LogP contribution < -0.4 is 15.4 Å². The minimum Gasteiger partial charge on any atom is -0.481 e. The van der Waals surface area contributed by atoms with Gasteiger partial charge in [-0.15, -0.1) is 13.2 Å². The summed E-state index contributed by atoms with van der Waals surface area (Å²) >= 11 is 0. The number of alkyl halides is 3. The number of benzene rings is 3. The number of hydrogen-bond donors (Lipinski definition) is 3. The van der Waals surface area contributed by atoms with Crippen LogP contribution >= 0.6 is 0 Å². The highest BCUT2D eigenvalue weighted by Crippen LogP contribution is 2.27. The van der Waals surface area contributed by atoms with Crippen molar-refractivity contribution in [2.45, 2.75) is 45.1 Å². The van der Waals surface area contributed by atoms with Crippen LogP contribution in [0.1, 0.15) is 47.7 Å². The van der Waals surface area contributed by atoms with Gasteiger partial charge in [-0.25, -0.2) is 4.79 Å². The Morgan fingerprint density at radius 1 is 0.925 bits per heavy atom. The van der Waals surface area contributed by atoms with Gasteiger partial charge in [-0.2, -0.15) is 0 Å². The van der Waals surface area contributed by atoms with Crippen molar-refractivity contribution < 1.29 is 37.4 Å². The molecule has 0 spiro atoms. The van der Waals surface area contributed by atoms with Crippen LogP contribution in [0.4, 0.5) is 23.7 Å². The molecule has 3 aromatic rings. The van der Waals surface area contributed by atoms with E-state index in [9.17, 15) is 27.6 Å². The van der Waals surface area contributed by atoms with E-state index in [0.29, 0.717) is 5.56 Å². The third-order valence-corrected chi connectivity index (χ3v) is 6.33. The van der Waals surface area contributed by atoms with Gasteiger partial charge in [-0.05, 0) is 54.4 Å². The lowest BCUT2D eigenvalue weighted by atomic mass is 9.93. The van der Waals surface area contributed by atoms with E-state index < -0.39 is 30.0 Å². The highest BCUT2D eigenvalue weighted by atomic mass is 19.4. The Hall–Kier alpha value is -4.54. The number of rotatable bonds is 11. The Morgan fingerprint density at radius 3 is 2.12 bits per heavy atom. The van der Waals surface area contributed by atoms with Crippen LogP contribution in [0.25, 0.3) is 0 Å². The summed E-state index contributed by atoms with van der Waals surface area (Å²) < 4.78 is 41.3. The lowest BCUT2D eigenvalue weighted by Gasteiger charge is -2.34. The summed E-state index contributed by atoms with van der Waals surface area (Å²) in [5, 5.41) is 14.0. The normalized spacial score (nSPS) is 12.6. The molecule has 0 bridgehead atoms. The van der Waals surface area contributed by atoms with Crippen LogP contribution in [0.3, 0.4) is 0 Å². The molecule has 0 aromatic heterocycles. The van der Waals surface area contributed by atoms with E-state index in [-0.39, 0.29) is 37.2 Å². The van der Waals surface area contributed by atoms with Crippen LogP contribution in [0, 0.1) is 0 Å². The molecule has 40 heavy (non-hydrogen) atoms. The van der Waals surface area contributed by atoms with Crippen LogP contribution in [0.15, 0.2) is 78.9 Å². The highest BCUT2D eigenvalue weighted by Gasteiger charge is 2.31. The number of carboxylic acid groups (broad SMARTS) is 1. The molecule has 0 aliphatic carbocycles. The Kier molecular flexibility index (Phi) is 10.1. The second-order valence-corrected chi connectivity index (χ2v) is 9.17. The zero-order valence-corrected chi connectivity index (χ0v) is 21.9. The maximum absolute atomic E-state index is 13.4. The second-order valence-electron chi connectivity index (χ2n) is 9.17. The summed E-state index contributed by atoms with van der Waals surface area (Å²) in [6.07, 6.45) is -5.01. The molecule has 0 aliphatic heterocycles. The summed E-state index contributed by atoms with van der Waals surface area (Å²) in [4.78, 5) is 38.0. The van der Waals surface area contributed by atoms with Gasteiger partial charge in [-0.3, -0.25) is 9.59 Å². The van der Waals surface area contributed by atoms with Crippen LogP contribution in [-0.4, -0.2) is 46.9 Å². The zero-order valence-electron chi connectivity index (χ0n) is 21.9. The summed E-state index contributed by atoms with van der Waals surface area (Å²) in [5.74, 6) is -1.89. The summed E-state index contributed by atoms with van der Waals surface area (Å²) in [6, 6.07) is 20.3. The molecule has 8 nitrogen and oxygen atoms in total. The van der Waals surface area contributed by atoms with Crippen molar-refractivity contribution in [1.82, 2.24) is 10.2 Å². The molecule has 2 unspecified atom stereocenters. The molecule has 0 aliphatic rings. The Morgan fingerprint density at radius 2 is 1.55 bits per heavy atom. The number of hydrogen-bond acceptors (Lipinski definition) is 4. The molecule has 0 heterocycles. The van der Waals surface area contributed by atoms with Crippen LogP contribution in [0.2, 0.25) is 0 Å². The van der Waals surface area contributed by atoms with Crippen molar-refractivity contribution in [3.05, 3.63) is 95.6 Å². The van der Waals surface area contributed by atoms with Gasteiger partial charge < -0.3 is 25.4 Å². The van der Waals surface area contributed by atoms with Crippen molar-refractivity contribution in [3.8, 4) is 5.75 Å². The number of nitrogens with one attached hydrogen (secondary N) is 2. The van der Waals surface area contributed by atoms with Gasteiger partial charge in [-0.1, -0.05) is 49.4 Å². The first-order valence-corrected chi connectivity index (χ1v) is 12.5. The van der Waals surface area contributed by atoms with Gasteiger partial charge in [0, 0.05) is 36.3 Å². The molecule has 3 rings (SSSR count). The Labute approximate surface area is 229 Å². The van der Waals surface area contributed by atoms with E-state index in [2.05, 4.69) is 15.4 Å². The minimum absolute atomic E-state index is 0.00205. The number of halogens is 3. The Bertz CT molecular complexity index is 1280. The number of nitrogens with zero attached hydrogens (tertiary/aromatic N) is 1. The van der Waals surface area contributed by atoms with Crippen molar-refractivity contribution in [2.75, 3.05) is 11.9 Å². The summed E-state index contributed by atoms with van der Waals surface area (Å²) in [6.45, 7) is 4.08. The van der Waals surface area contributed by atoms with Crippen molar-refractivity contribution in [2.24, 2.45) is 0 Å². The van der Waals surface area contributed by atoms with Gasteiger partial charge in [0.05, 0.1) is 6.42 Å². The third-order valence-electron chi connectivity index (χ3n) is 6.33. The standard InChI is InChI=1S/C29H30F3N3O5/c1-19(22-6-4-3-5-7-22)20(2)35(28(39)34-24-12-14-25(15-13-24)40-29(30,31)32)18-21-8-10-23(11-9-21)27(38)33-17-16-26(36)37/h3-15,19-20H,16-18H2,1-2H3,(H,33,38)(H,34,39)(H,36,37). The average molecular weight is 558 g/mol. The van der Waals surface area contributed by atoms with E-state index in [1.807, 2.05) is 44.2 Å². The summed E-state index contributed by atoms with van der Waals surface area (Å²) in [7, 11) is 0. The lowest BCUT2D eigenvalue weighted by molar-refractivity contribution is -0.274. The number of anilines is 1. The predicted octanol–water partition coefficient (Wildman–Crippen LogP) is 6.02. The maximum Gasteiger partial charge on any atom is 0.573 e. The van der Waals surface area contributed by atoms with E-state index >= 15 is 0 Å². The molecule has 3 amide bonds. The zero-order chi connectivity index (χ0) is 29.3. The SMILES string of the molecule is CC(c1ccccc1)C(C)N(Cc1ccc(C(=O)NCCC(=O)O)cc1)C(=O)Nc1ccc(OC(F)(F)F)cc1. The van der Waals surface area contributed by atoms with Gasteiger partial charge in [0.1, 0.15) is 5.75 Å². The molecule has 0 fully saturated rings. The number of carboxylic acids is 1. The number of carbonyl (C=O) groups excluding carboxylic acids is 2. The molecule has 11 heteroatoms. The Balaban J connectivity index is 1.77. The van der Waals surface area contributed by atoms with E-state index in [0.717, 1.165) is 23.3 Å². The van der Waals surface area contributed by atoms with E-state index in [1.54, 1.807) is 29.2 Å². The van der Waals surface area contributed by atoms with Crippen LogP contribution in [0.5, 0.6) is 5.75 Å². The largest absolute Gasteiger partial charge is 0.573 e. The van der Waals surface area contributed by atoms with Crippen molar-refractivity contribution in [3.63, 3.8) is 0 Å².